The highest BCUT2D eigenvalue weighted by atomic mass is 19.1. The van der Waals surface area contributed by atoms with Crippen molar-refractivity contribution in [3.63, 3.8) is 0 Å². The molecule has 3 rings (SSSR count). The van der Waals surface area contributed by atoms with Crippen molar-refractivity contribution in [3.05, 3.63) is 47.0 Å². The molecule has 0 N–H and O–H groups in total. The zero-order valence-corrected chi connectivity index (χ0v) is 15.6. The first-order valence-corrected chi connectivity index (χ1v) is 8.98. The van der Waals surface area contributed by atoms with Crippen LogP contribution in [0.5, 0.6) is 0 Å². The van der Waals surface area contributed by atoms with E-state index in [1.807, 2.05) is 4.90 Å². The van der Waals surface area contributed by atoms with Gasteiger partial charge in [-0.15, -0.1) is 0 Å². The van der Waals surface area contributed by atoms with Gasteiger partial charge in [0.2, 0.25) is 0 Å². The number of esters is 1. The van der Waals surface area contributed by atoms with Crippen LogP contribution in [0.4, 0.5) is 4.39 Å². The average molecular weight is 388 g/mol. The van der Waals surface area contributed by atoms with Crippen LogP contribution >= 0.6 is 0 Å². The Hall–Kier alpha value is -2.87. The van der Waals surface area contributed by atoms with Crippen molar-refractivity contribution in [2.24, 2.45) is 4.99 Å². The van der Waals surface area contributed by atoms with Crippen LogP contribution in [0, 0.1) is 5.82 Å². The van der Waals surface area contributed by atoms with Crippen LogP contribution in [0.1, 0.15) is 28.8 Å². The van der Waals surface area contributed by atoms with E-state index in [0.717, 1.165) is 6.07 Å². The van der Waals surface area contributed by atoms with Crippen LogP contribution in [0.15, 0.2) is 35.1 Å². The maximum absolute atomic E-state index is 13.4. The summed E-state index contributed by atoms with van der Waals surface area (Å²) in [5.41, 5.74) is 0.886. The minimum Gasteiger partial charge on any atom is -0.465 e. The van der Waals surface area contributed by atoms with Gasteiger partial charge in [0.1, 0.15) is 17.4 Å². The number of ketones is 2. The van der Waals surface area contributed by atoms with Crippen LogP contribution in [0.25, 0.3) is 0 Å². The molecule has 148 valence electrons. The Morgan fingerprint density at radius 1 is 1.25 bits per heavy atom. The Balaban J connectivity index is 1.71. The molecule has 8 heteroatoms. The Morgan fingerprint density at radius 2 is 2.00 bits per heavy atom. The summed E-state index contributed by atoms with van der Waals surface area (Å²) >= 11 is 0. The van der Waals surface area contributed by atoms with Crippen molar-refractivity contribution in [1.29, 1.82) is 0 Å². The van der Waals surface area contributed by atoms with E-state index in [-0.39, 0.29) is 36.4 Å². The maximum atomic E-state index is 13.4. The molecule has 2 aliphatic rings. The summed E-state index contributed by atoms with van der Waals surface area (Å²) in [7, 11) is 1.20. The number of allylic oxidation sites excluding steroid dienone is 1. The van der Waals surface area contributed by atoms with Gasteiger partial charge >= 0.3 is 5.97 Å². The first kappa shape index (κ1) is 19.9. The molecule has 2 heterocycles. The van der Waals surface area contributed by atoms with Crippen molar-refractivity contribution in [2.75, 3.05) is 33.4 Å². The van der Waals surface area contributed by atoms with Crippen molar-refractivity contribution in [3.8, 4) is 0 Å². The summed E-state index contributed by atoms with van der Waals surface area (Å²) in [5.74, 6) is -1.05. The van der Waals surface area contributed by atoms with Gasteiger partial charge in [0.15, 0.2) is 5.78 Å². The number of morpholine rings is 1. The molecule has 0 saturated carbocycles. The normalized spacial score (nSPS) is 17.1. The number of ether oxygens (including phenoxy) is 2. The van der Waals surface area contributed by atoms with Crippen molar-refractivity contribution in [1.82, 2.24) is 4.90 Å². The summed E-state index contributed by atoms with van der Waals surface area (Å²) in [6.07, 6.45) is 1.50. The number of carbonyl (C=O) groups is 3. The number of methoxy groups -OCH3 is 1. The van der Waals surface area contributed by atoms with Gasteiger partial charge in [-0.05, 0) is 17.7 Å². The highest BCUT2D eigenvalue weighted by molar-refractivity contribution is 6.14. The van der Waals surface area contributed by atoms with Gasteiger partial charge in [0.25, 0.3) is 0 Å². The molecule has 0 aromatic heterocycles. The number of benzene rings is 1. The van der Waals surface area contributed by atoms with Crippen molar-refractivity contribution >= 4 is 23.2 Å². The SMILES string of the molecule is COC(=O)c1cc(F)ccc1CC(=O)CC1=NC(N2CCOCC2)=CC(=O)C1. The molecule has 0 aliphatic carbocycles. The third kappa shape index (κ3) is 4.89. The zero-order chi connectivity index (χ0) is 20.1. The van der Waals surface area contributed by atoms with Crippen LogP contribution in [-0.2, 0) is 25.5 Å². The largest absolute Gasteiger partial charge is 0.465 e. The van der Waals surface area contributed by atoms with Gasteiger partial charge in [0.05, 0.1) is 25.9 Å². The lowest BCUT2D eigenvalue weighted by Crippen LogP contribution is -2.36. The molecule has 0 spiro atoms. The van der Waals surface area contributed by atoms with Gasteiger partial charge in [-0.25, -0.2) is 14.2 Å². The molecule has 0 radical (unpaired) electrons. The summed E-state index contributed by atoms with van der Waals surface area (Å²) < 4.78 is 23.4. The molecular weight excluding hydrogens is 367 g/mol. The van der Waals surface area contributed by atoms with Crippen LogP contribution < -0.4 is 0 Å². The summed E-state index contributed by atoms with van der Waals surface area (Å²) in [5, 5.41) is 0. The molecule has 0 unspecified atom stereocenters. The quantitative estimate of drug-likeness (QED) is 0.690. The Bertz CT molecular complexity index is 856. The van der Waals surface area contributed by atoms with Gasteiger partial charge in [-0.2, -0.15) is 0 Å². The van der Waals surface area contributed by atoms with E-state index in [9.17, 15) is 18.8 Å². The van der Waals surface area contributed by atoms with Crippen molar-refractivity contribution < 1.29 is 28.2 Å². The van der Waals surface area contributed by atoms with E-state index in [1.54, 1.807) is 0 Å². The van der Waals surface area contributed by atoms with Gasteiger partial charge in [0, 0.05) is 44.1 Å². The number of nitrogens with zero attached hydrogens (tertiary/aromatic N) is 2. The lowest BCUT2D eigenvalue weighted by molar-refractivity contribution is -0.117. The minimum absolute atomic E-state index is 0.00852. The fourth-order valence-corrected chi connectivity index (χ4v) is 3.19. The summed E-state index contributed by atoms with van der Waals surface area (Å²) in [4.78, 5) is 42.9. The molecule has 1 aromatic carbocycles. The summed E-state index contributed by atoms with van der Waals surface area (Å²) in [6, 6.07) is 3.64. The van der Waals surface area contributed by atoms with E-state index in [1.165, 1.54) is 25.3 Å². The monoisotopic (exact) mass is 388 g/mol. The molecule has 1 aromatic rings. The van der Waals surface area contributed by atoms with E-state index >= 15 is 0 Å². The lowest BCUT2D eigenvalue weighted by Gasteiger charge is -2.30. The lowest BCUT2D eigenvalue weighted by atomic mass is 9.97. The molecule has 1 fully saturated rings. The molecule has 1 saturated heterocycles. The fourth-order valence-electron chi connectivity index (χ4n) is 3.19. The standard InChI is InChI=1S/C20H21FN2O5/c1-27-20(26)18-9-14(21)3-2-13(18)8-16(24)10-15-11-17(25)12-19(22-15)23-4-6-28-7-5-23/h2-3,9,12H,4-8,10-11H2,1H3. The van der Waals surface area contributed by atoms with Gasteiger partial charge in [-0.1, -0.05) is 6.07 Å². The van der Waals surface area contributed by atoms with E-state index in [4.69, 9.17) is 4.74 Å². The molecular formula is C20H21FN2O5. The molecule has 7 nitrogen and oxygen atoms in total. The van der Waals surface area contributed by atoms with Crippen molar-refractivity contribution in [2.45, 2.75) is 19.3 Å². The maximum Gasteiger partial charge on any atom is 0.338 e. The van der Waals surface area contributed by atoms with Crippen LogP contribution in [0.2, 0.25) is 0 Å². The number of carbonyl (C=O) groups excluding carboxylic acids is 3. The predicted octanol–water partition coefficient (Wildman–Crippen LogP) is 1.70. The second-order valence-corrected chi connectivity index (χ2v) is 6.61. The third-order valence-corrected chi connectivity index (χ3v) is 4.54. The Kier molecular flexibility index (Phi) is 6.30. The van der Waals surface area contributed by atoms with E-state index in [0.29, 0.717) is 43.4 Å². The Morgan fingerprint density at radius 3 is 2.71 bits per heavy atom. The van der Waals surface area contributed by atoms with Crippen LogP contribution in [-0.4, -0.2) is 61.6 Å². The number of hydrogen-bond acceptors (Lipinski definition) is 7. The molecule has 2 aliphatic heterocycles. The second-order valence-electron chi connectivity index (χ2n) is 6.61. The highest BCUT2D eigenvalue weighted by Crippen LogP contribution is 2.18. The molecule has 0 amide bonds. The average Bonchev–Trinajstić information content (AvgIpc) is 2.69. The van der Waals surface area contributed by atoms with Crippen LogP contribution in [0.3, 0.4) is 0 Å². The number of hydrogen-bond donors (Lipinski definition) is 0. The smallest absolute Gasteiger partial charge is 0.338 e. The number of Topliss-reactive ketones (excluding diaryl/α,β-unsaturated/α-hetero) is 1. The van der Waals surface area contributed by atoms with Gasteiger partial charge in [-0.3, -0.25) is 9.59 Å². The number of aliphatic imine (C=N–C) groups is 1. The fraction of sp³-hybridized carbons (Fsp3) is 0.400. The molecule has 0 bridgehead atoms. The highest BCUT2D eigenvalue weighted by Gasteiger charge is 2.22. The number of rotatable bonds is 6. The molecule has 28 heavy (non-hydrogen) atoms. The topological polar surface area (TPSA) is 85.3 Å². The first-order valence-electron chi connectivity index (χ1n) is 8.98. The Labute approximate surface area is 161 Å². The summed E-state index contributed by atoms with van der Waals surface area (Å²) in [6.45, 7) is 2.41. The zero-order valence-electron chi connectivity index (χ0n) is 15.6. The first-order chi connectivity index (χ1) is 13.5. The number of halogens is 1. The third-order valence-electron chi connectivity index (χ3n) is 4.54. The second kappa shape index (κ2) is 8.88. The predicted molar refractivity (Wildman–Crippen MR) is 98.6 cm³/mol. The van der Waals surface area contributed by atoms with E-state index < -0.39 is 11.8 Å². The molecule has 0 atom stereocenters. The van der Waals surface area contributed by atoms with E-state index in [2.05, 4.69) is 9.73 Å². The minimum atomic E-state index is -0.704. The van der Waals surface area contributed by atoms with Gasteiger partial charge < -0.3 is 14.4 Å².